The van der Waals surface area contributed by atoms with Crippen LogP contribution in [0.1, 0.15) is 45.4 Å². The number of nitrogens with zero attached hydrogens (tertiary/aromatic N) is 5. The van der Waals surface area contributed by atoms with Gasteiger partial charge < -0.3 is 13.7 Å². The predicted molar refractivity (Wildman–Crippen MR) is 136 cm³/mol. The van der Waals surface area contributed by atoms with E-state index in [2.05, 4.69) is 20.2 Å². The van der Waals surface area contributed by atoms with Crippen LogP contribution in [0.5, 0.6) is 0 Å². The van der Waals surface area contributed by atoms with Crippen molar-refractivity contribution in [1.29, 1.82) is 0 Å². The van der Waals surface area contributed by atoms with Crippen LogP contribution in [-0.2, 0) is 13.0 Å². The number of benzene rings is 2. The van der Waals surface area contributed by atoms with Gasteiger partial charge in [-0.3, -0.25) is 4.79 Å². The van der Waals surface area contributed by atoms with Gasteiger partial charge >= 0.3 is 0 Å². The summed E-state index contributed by atoms with van der Waals surface area (Å²) in [5, 5.41) is 11.3. The summed E-state index contributed by atoms with van der Waals surface area (Å²) in [6.07, 6.45) is 3.63. The average Bonchev–Trinajstić information content (AvgIpc) is 3.67. The summed E-state index contributed by atoms with van der Waals surface area (Å²) in [6, 6.07) is 11.6. The van der Waals surface area contributed by atoms with Gasteiger partial charge in [-0.15, -0.1) is 21.5 Å². The van der Waals surface area contributed by atoms with Crippen molar-refractivity contribution in [3.8, 4) is 22.9 Å². The Balaban J connectivity index is 1.43. The average molecular weight is 518 g/mol. The lowest BCUT2D eigenvalue weighted by Crippen LogP contribution is -2.26. The van der Waals surface area contributed by atoms with Crippen molar-refractivity contribution in [3.05, 3.63) is 93.8 Å². The van der Waals surface area contributed by atoms with Crippen LogP contribution in [0.3, 0.4) is 0 Å². The normalized spacial score (nSPS) is 12.0. The highest BCUT2D eigenvalue weighted by molar-refractivity contribution is 7.09. The third-order valence-electron chi connectivity index (χ3n) is 5.81. The van der Waals surface area contributed by atoms with Crippen LogP contribution in [-0.4, -0.2) is 38.0 Å². The summed E-state index contributed by atoms with van der Waals surface area (Å²) < 4.78 is 24.7. The van der Waals surface area contributed by atoms with Crippen LogP contribution in [0.2, 0.25) is 0 Å². The molecule has 10 heteroatoms. The zero-order chi connectivity index (χ0) is 25.9. The second-order valence-corrected chi connectivity index (χ2v) is 9.80. The minimum atomic E-state index is -0.278. The maximum absolute atomic E-state index is 13.4. The molecule has 0 spiro atoms. The lowest BCUT2D eigenvalue weighted by molar-refractivity contribution is 0.0785. The number of aryl methyl sites for hydroxylation is 1. The minimum Gasteiger partial charge on any atom is -0.445 e. The molecule has 1 amide bonds. The fraction of sp³-hybridized carbons (Fsp3) is 0.222. The van der Waals surface area contributed by atoms with Gasteiger partial charge in [0.25, 0.3) is 5.91 Å². The molecular formula is C27H24FN5O3S. The van der Waals surface area contributed by atoms with Gasteiger partial charge in [-0.25, -0.2) is 14.4 Å². The number of amides is 1. The van der Waals surface area contributed by atoms with Crippen LogP contribution in [0.4, 0.5) is 4.39 Å². The minimum absolute atomic E-state index is 0.0874. The van der Waals surface area contributed by atoms with Crippen LogP contribution < -0.4 is 0 Å². The standard InChI is InChI=1S/C27H24FN5O3S/c1-16(10-18-4-6-22(28)7-5-18)24-31-32-26(36-24)20-11-19(25-29-8-9-35-25)12-21(13-20)27(34)33(3)14-23-30-17(2)15-37-23/h4-9,11-13,15-16H,10,14H2,1-3H3/t16-/m0/s1. The fourth-order valence-electron chi connectivity index (χ4n) is 3.95. The van der Waals surface area contributed by atoms with Crippen molar-refractivity contribution in [2.24, 2.45) is 0 Å². The number of hydrogen-bond acceptors (Lipinski definition) is 8. The lowest BCUT2D eigenvalue weighted by Gasteiger charge is -2.16. The maximum atomic E-state index is 13.4. The molecule has 0 aliphatic rings. The monoisotopic (exact) mass is 517 g/mol. The molecule has 37 heavy (non-hydrogen) atoms. The molecule has 0 saturated carbocycles. The van der Waals surface area contributed by atoms with E-state index < -0.39 is 0 Å². The highest BCUT2D eigenvalue weighted by atomic mass is 32.1. The van der Waals surface area contributed by atoms with E-state index in [1.165, 1.54) is 29.7 Å². The summed E-state index contributed by atoms with van der Waals surface area (Å²) in [4.78, 5) is 23.7. The molecule has 188 valence electrons. The molecule has 0 aliphatic carbocycles. The zero-order valence-electron chi connectivity index (χ0n) is 20.5. The van der Waals surface area contributed by atoms with Crippen molar-refractivity contribution < 1.29 is 18.0 Å². The first-order valence-electron chi connectivity index (χ1n) is 11.7. The van der Waals surface area contributed by atoms with Crippen molar-refractivity contribution in [2.75, 3.05) is 7.05 Å². The Bertz CT molecular complexity index is 1510. The Morgan fingerprint density at radius 3 is 2.54 bits per heavy atom. The molecule has 8 nitrogen and oxygen atoms in total. The number of thiazole rings is 1. The Morgan fingerprint density at radius 2 is 1.86 bits per heavy atom. The van der Waals surface area contributed by atoms with Gasteiger partial charge in [0.2, 0.25) is 17.7 Å². The molecule has 2 aromatic carbocycles. The van der Waals surface area contributed by atoms with Crippen LogP contribution in [0.25, 0.3) is 22.9 Å². The summed E-state index contributed by atoms with van der Waals surface area (Å²) in [5.41, 5.74) is 3.51. The third-order valence-corrected chi connectivity index (χ3v) is 6.76. The van der Waals surface area contributed by atoms with Crippen LogP contribution in [0, 0.1) is 12.7 Å². The fourth-order valence-corrected chi connectivity index (χ4v) is 4.77. The summed E-state index contributed by atoms with van der Waals surface area (Å²) in [6.45, 7) is 4.28. The number of halogens is 1. The van der Waals surface area contributed by atoms with E-state index in [0.29, 0.717) is 41.4 Å². The Morgan fingerprint density at radius 1 is 1.11 bits per heavy atom. The molecule has 5 rings (SSSR count). The second kappa shape index (κ2) is 10.4. The van der Waals surface area contributed by atoms with Gasteiger partial charge in [0.15, 0.2) is 0 Å². The van der Waals surface area contributed by atoms with Gasteiger partial charge in [0.1, 0.15) is 17.1 Å². The van der Waals surface area contributed by atoms with E-state index in [0.717, 1.165) is 16.3 Å². The molecular weight excluding hydrogens is 493 g/mol. The van der Waals surface area contributed by atoms with Crippen LogP contribution in [0.15, 0.2) is 69.1 Å². The molecule has 0 bridgehead atoms. The topological polar surface area (TPSA) is 98.2 Å². The molecule has 0 aliphatic heterocycles. The Kier molecular flexibility index (Phi) is 6.91. The summed E-state index contributed by atoms with van der Waals surface area (Å²) in [7, 11) is 1.73. The molecule has 0 fully saturated rings. The second-order valence-electron chi connectivity index (χ2n) is 8.86. The first kappa shape index (κ1) is 24.5. The number of hydrogen-bond donors (Lipinski definition) is 0. The number of carbonyl (C=O) groups excluding carboxylic acids is 1. The van der Waals surface area contributed by atoms with Crippen LogP contribution >= 0.6 is 11.3 Å². The van der Waals surface area contributed by atoms with Gasteiger partial charge in [0, 0.05) is 40.7 Å². The maximum Gasteiger partial charge on any atom is 0.254 e. The molecule has 0 unspecified atom stereocenters. The van der Waals surface area contributed by atoms with E-state index in [-0.39, 0.29) is 23.5 Å². The molecule has 3 heterocycles. The molecule has 1 atom stereocenters. The Hall–Kier alpha value is -4.18. The number of rotatable bonds is 8. The van der Waals surface area contributed by atoms with Crippen molar-refractivity contribution in [2.45, 2.75) is 32.7 Å². The molecule has 0 saturated heterocycles. The van der Waals surface area contributed by atoms with Gasteiger partial charge in [0.05, 0.1) is 12.7 Å². The third kappa shape index (κ3) is 5.64. The van der Waals surface area contributed by atoms with Crippen molar-refractivity contribution in [1.82, 2.24) is 25.1 Å². The highest BCUT2D eigenvalue weighted by Gasteiger charge is 2.21. The molecule has 0 radical (unpaired) electrons. The number of carbonyl (C=O) groups is 1. The van der Waals surface area contributed by atoms with E-state index in [1.54, 1.807) is 48.5 Å². The lowest BCUT2D eigenvalue weighted by atomic mass is 10.0. The zero-order valence-corrected chi connectivity index (χ0v) is 21.3. The highest BCUT2D eigenvalue weighted by Crippen LogP contribution is 2.30. The van der Waals surface area contributed by atoms with Crippen molar-refractivity contribution in [3.63, 3.8) is 0 Å². The number of oxazole rings is 1. The van der Waals surface area contributed by atoms with E-state index in [1.807, 2.05) is 19.2 Å². The van der Waals surface area contributed by atoms with Crippen molar-refractivity contribution >= 4 is 17.2 Å². The quantitative estimate of drug-likeness (QED) is 0.252. The molecule has 0 N–H and O–H groups in total. The van der Waals surface area contributed by atoms with Gasteiger partial charge in [-0.1, -0.05) is 19.1 Å². The first-order valence-corrected chi connectivity index (χ1v) is 12.5. The Labute approximate surface area is 216 Å². The first-order chi connectivity index (χ1) is 17.9. The van der Waals surface area contributed by atoms with E-state index in [4.69, 9.17) is 8.83 Å². The summed E-state index contributed by atoms with van der Waals surface area (Å²) in [5.74, 6) is 0.549. The van der Waals surface area contributed by atoms with Gasteiger partial charge in [-0.05, 0) is 49.2 Å². The number of aromatic nitrogens is 4. The SMILES string of the molecule is Cc1csc(CN(C)C(=O)c2cc(-c3ncco3)cc(-c3nnc([C@@H](C)Cc4ccc(F)cc4)o3)c2)n1. The van der Waals surface area contributed by atoms with E-state index >= 15 is 0 Å². The predicted octanol–water partition coefficient (Wildman–Crippen LogP) is 5.91. The summed E-state index contributed by atoms with van der Waals surface area (Å²) >= 11 is 1.52. The van der Waals surface area contributed by atoms with E-state index in [9.17, 15) is 9.18 Å². The molecule has 5 aromatic rings. The largest absolute Gasteiger partial charge is 0.445 e. The smallest absolute Gasteiger partial charge is 0.254 e. The molecule has 3 aromatic heterocycles. The van der Waals surface area contributed by atoms with Gasteiger partial charge in [-0.2, -0.15) is 0 Å².